The number of amides is 3. The van der Waals surface area contributed by atoms with Gasteiger partial charge in [-0.05, 0) is 32.1 Å². The first-order valence-electron chi connectivity index (χ1n) is 9.49. The fourth-order valence-electron chi connectivity index (χ4n) is 3.74. The molecule has 1 aliphatic carbocycles. The van der Waals surface area contributed by atoms with Gasteiger partial charge in [-0.2, -0.15) is 0 Å². The van der Waals surface area contributed by atoms with Crippen molar-refractivity contribution in [1.29, 1.82) is 0 Å². The maximum Gasteiger partial charge on any atom is 0.287 e. The Hall–Kier alpha value is -2.38. The van der Waals surface area contributed by atoms with E-state index in [0.29, 0.717) is 37.7 Å². The van der Waals surface area contributed by atoms with Gasteiger partial charge in [0.25, 0.3) is 11.8 Å². The summed E-state index contributed by atoms with van der Waals surface area (Å²) in [5, 5.41) is 2.98. The predicted molar refractivity (Wildman–Crippen MR) is 93.8 cm³/mol. The highest BCUT2D eigenvalue weighted by Crippen LogP contribution is 2.24. The number of imidazole rings is 1. The SMILES string of the molecule is CC(=O)N1CCN(C(=O)c2nc(C(=O)NC3CC3)n3c2CCCC3)CC1. The molecule has 1 saturated carbocycles. The normalized spacial score (nSPS) is 19.9. The largest absolute Gasteiger partial charge is 0.347 e. The molecule has 2 fully saturated rings. The van der Waals surface area contributed by atoms with Crippen LogP contribution in [0.4, 0.5) is 0 Å². The van der Waals surface area contributed by atoms with E-state index >= 15 is 0 Å². The second-order valence-corrected chi connectivity index (χ2v) is 7.39. The second kappa shape index (κ2) is 6.74. The molecule has 140 valence electrons. The average Bonchev–Trinajstić information content (AvgIpc) is 3.38. The van der Waals surface area contributed by atoms with Crippen molar-refractivity contribution >= 4 is 17.7 Å². The highest BCUT2D eigenvalue weighted by atomic mass is 16.2. The number of nitrogens with zero attached hydrogens (tertiary/aromatic N) is 4. The van der Waals surface area contributed by atoms with Crippen molar-refractivity contribution in [2.24, 2.45) is 0 Å². The molecule has 0 atom stereocenters. The molecule has 8 nitrogen and oxygen atoms in total. The number of fused-ring (bicyclic) bond motifs is 1. The van der Waals surface area contributed by atoms with Gasteiger partial charge in [-0.1, -0.05) is 0 Å². The lowest BCUT2D eigenvalue weighted by Crippen LogP contribution is -2.50. The summed E-state index contributed by atoms with van der Waals surface area (Å²) >= 11 is 0. The summed E-state index contributed by atoms with van der Waals surface area (Å²) in [6.07, 6.45) is 4.82. The molecular formula is C18H25N5O3. The van der Waals surface area contributed by atoms with Crippen molar-refractivity contribution in [2.75, 3.05) is 26.2 Å². The van der Waals surface area contributed by atoms with E-state index < -0.39 is 0 Å². The number of carbonyl (C=O) groups is 3. The first-order chi connectivity index (χ1) is 12.5. The zero-order valence-electron chi connectivity index (χ0n) is 15.2. The highest BCUT2D eigenvalue weighted by molar-refractivity contribution is 5.97. The van der Waals surface area contributed by atoms with E-state index in [1.807, 2.05) is 4.57 Å². The lowest BCUT2D eigenvalue weighted by Gasteiger charge is -2.34. The Labute approximate surface area is 152 Å². The number of carbonyl (C=O) groups excluding carboxylic acids is 3. The minimum Gasteiger partial charge on any atom is -0.347 e. The standard InChI is InChI=1S/C18H25N5O3/c1-12(24)21-8-10-22(11-9-21)18(26)15-14-4-2-3-7-23(14)16(20-15)17(25)19-13-5-6-13/h13H,2-11H2,1H3,(H,19,25). The Morgan fingerprint density at radius 1 is 1.00 bits per heavy atom. The van der Waals surface area contributed by atoms with Crippen LogP contribution in [0.1, 0.15) is 59.4 Å². The van der Waals surface area contributed by atoms with E-state index in [9.17, 15) is 14.4 Å². The Bertz CT molecular complexity index is 744. The van der Waals surface area contributed by atoms with Crippen LogP contribution in [0.3, 0.4) is 0 Å². The number of hydrogen-bond donors (Lipinski definition) is 1. The summed E-state index contributed by atoms with van der Waals surface area (Å²) in [4.78, 5) is 45.0. The van der Waals surface area contributed by atoms with Crippen LogP contribution >= 0.6 is 0 Å². The fourth-order valence-corrected chi connectivity index (χ4v) is 3.74. The number of nitrogens with one attached hydrogen (secondary N) is 1. The first kappa shape index (κ1) is 17.1. The summed E-state index contributed by atoms with van der Waals surface area (Å²) < 4.78 is 1.93. The van der Waals surface area contributed by atoms with Gasteiger partial charge in [-0.15, -0.1) is 0 Å². The lowest BCUT2D eigenvalue weighted by atomic mass is 10.1. The van der Waals surface area contributed by atoms with E-state index in [2.05, 4.69) is 10.3 Å². The highest BCUT2D eigenvalue weighted by Gasteiger charge is 2.33. The third-order valence-electron chi connectivity index (χ3n) is 5.45. The van der Waals surface area contributed by atoms with Crippen molar-refractivity contribution in [3.8, 4) is 0 Å². The molecule has 3 aliphatic rings. The third kappa shape index (κ3) is 3.20. The fraction of sp³-hybridized carbons (Fsp3) is 0.667. The van der Waals surface area contributed by atoms with Crippen LogP contribution in [0.2, 0.25) is 0 Å². The van der Waals surface area contributed by atoms with Gasteiger partial charge in [0.05, 0.1) is 5.69 Å². The minimum atomic E-state index is -0.170. The van der Waals surface area contributed by atoms with Crippen LogP contribution < -0.4 is 5.32 Å². The quantitative estimate of drug-likeness (QED) is 0.847. The molecule has 4 rings (SSSR count). The Morgan fingerprint density at radius 3 is 2.35 bits per heavy atom. The molecule has 3 amide bonds. The molecular weight excluding hydrogens is 334 g/mol. The van der Waals surface area contributed by atoms with Crippen molar-refractivity contribution in [3.05, 3.63) is 17.2 Å². The van der Waals surface area contributed by atoms with Gasteiger partial charge in [0.15, 0.2) is 5.82 Å². The zero-order chi connectivity index (χ0) is 18.3. The summed E-state index contributed by atoms with van der Waals surface area (Å²) in [7, 11) is 0. The van der Waals surface area contributed by atoms with Gasteiger partial charge in [0, 0.05) is 45.7 Å². The molecule has 0 spiro atoms. The van der Waals surface area contributed by atoms with Gasteiger partial charge >= 0.3 is 0 Å². The van der Waals surface area contributed by atoms with Crippen molar-refractivity contribution in [1.82, 2.24) is 24.7 Å². The van der Waals surface area contributed by atoms with Gasteiger partial charge in [-0.3, -0.25) is 14.4 Å². The Balaban J connectivity index is 1.55. The number of rotatable bonds is 3. The number of aromatic nitrogens is 2. The van der Waals surface area contributed by atoms with Crippen LogP contribution in [0, 0.1) is 0 Å². The zero-order valence-corrected chi connectivity index (χ0v) is 15.2. The molecule has 1 saturated heterocycles. The monoisotopic (exact) mass is 359 g/mol. The van der Waals surface area contributed by atoms with E-state index in [0.717, 1.165) is 44.3 Å². The van der Waals surface area contributed by atoms with E-state index in [1.54, 1.807) is 16.7 Å². The molecule has 3 heterocycles. The summed E-state index contributed by atoms with van der Waals surface area (Å²) in [5.74, 6) is 0.119. The molecule has 2 aliphatic heterocycles. The maximum atomic E-state index is 13.0. The molecule has 26 heavy (non-hydrogen) atoms. The van der Waals surface area contributed by atoms with E-state index in [4.69, 9.17) is 0 Å². The minimum absolute atomic E-state index is 0.0375. The summed E-state index contributed by atoms with van der Waals surface area (Å²) in [6.45, 7) is 4.40. The topological polar surface area (TPSA) is 87.5 Å². The van der Waals surface area contributed by atoms with Crippen LogP contribution in [0.25, 0.3) is 0 Å². The van der Waals surface area contributed by atoms with E-state index in [1.165, 1.54) is 0 Å². The van der Waals surface area contributed by atoms with Crippen molar-refractivity contribution < 1.29 is 14.4 Å². The average molecular weight is 359 g/mol. The molecule has 8 heteroatoms. The molecule has 1 N–H and O–H groups in total. The van der Waals surface area contributed by atoms with Crippen LogP contribution in [-0.4, -0.2) is 69.3 Å². The molecule has 0 bridgehead atoms. The molecule has 0 radical (unpaired) electrons. The third-order valence-corrected chi connectivity index (χ3v) is 5.45. The van der Waals surface area contributed by atoms with Gasteiger partial charge in [0.1, 0.15) is 5.69 Å². The van der Waals surface area contributed by atoms with Gasteiger partial charge in [-0.25, -0.2) is 4.98 Å². The molecule has 0 aromatic carbocycles. The van der Waals surface area contributed by atoms with Crippen molar-refractivity contribution in [3.63, 3.8) is 0 Å². The predicted octanol–water partition coefficient (Wildman–Crippen LogP) is 0.416. The molecule has 0 unspecified atom stereocenters. The van der Waals surface area contributed by atoms with Gasteiger partial charge in [0.2, 0.25) is 5.91 Å². The first-order valence-corrected chi connectivity index (χ1v) is 9.49. The summed E-state index contributed by atoms with van der Waals surface area (Å²) in [5.41, 5.74) is 1.30. The summed E-state index contributed by atoms with van der Waals surface area (Å²) in [6, 6.07) is 0.262. The Kier molecular flexibility index (Phi) is 4.42. The van der Waals surface area contributed by atoms with Crippen LogP contribution in [0.5, 0.6) is 0 Å². The second-order valence-electron chi connectivity index (χ2n) is 7.39. The number of hydrogen-bond acceptors (Lipinski definition) is 4. The molecule has 1 aromatic rings. The van der Waals surface area contributed by atoms with Crippen molar-refractivity contribution in [2.45, 2.75) is 51.6 Å². The maximum absolute atomic E-state index is 13.0. The lowest BCUT2D eigenvalue weighted by molar-refractivity contribution is -0.130. The van der Waals surface area contributed by atoms with Gasteiger partial charge < -0.3 is 19.7 Å². The number of piperazine rings is 1. The molecule has 1 aromatic heterocycles. The smallest absolute Gasteiger partial charge is 0.287 e. The van der Waals surface area contributed by atoms with E-state index in [-0.39, 0.29) is 23.8 Å². The van der Waals surface area contributed by atoms with Crippen LogP contribution in [0.15, 0.2) is 0 Å². The van der Waals surface area contributed by atoms with Crippen LogP contribution in [-0.2, 0) is 17.8 Å². The Morgan fingerprint density at radius 2 is 1.69 bits per heavy atom.